The van der Waals surface area contributed by atoms with Crippen molar-refractivity contribution in [3.05, 3.63) is 0 Å². The van der Waals surface area contributed by atoms with Crippen molar-refractivity contribution in [2.24, 2.45) is 17.3 Å². The molecule has 0 amide bonds. The molecule has 0 bridgehead atoms. The lowest BCUT2D eigenvalue weighted by atomic mass is 9.70. The summed E-state index contributed by atoms with van der Waals surface area (Å²) in [5.41, 5.74) is 0.555. The smallest absolute Gasteiger partial charge is 0.0119 e. The summed E-state index contributed by atoms with van der Waals surface area (Å²) in [6.07, 6.45) is 9.84. The Bertz CT molecular complexity index is 292. The fourth-order valence-electron chi connectivity index (χ4n) is 4.53. The standard InChI is InChI=1S/C19H38N2/c1-5-12-20-14-19(10-8-17(4)9-11-19)15-21-13-6-7-18(21)16(2)3/h16-18,20H,5-15H2,1-4H3. The zero-order valence-corrected chi connectivity index (χ0v) is 15.0. The molecule has 0 spiro atoms. The summed E-state index contributed by atoms with van der Waals surface area (Å²) in [5.74, 6) is 1.76. The Morgan fingerprint density at radius 3 is 2.52 bits per heavy atom. The van der Waals surface area contributed by atoms with E-state index in [4.69, 9.17) is 0 Å². The second-order valence-electron chi connectivity index (χ2n) is 8.28. The Kier molecular flexibility index (Phi) is 6.55. The highest BCUT2D eigenvalue weighted by Crippen LogP contribution is 2.41. The number of rotatable bonds is 7. The van der Waals surface area contributed by atoms with Crippen LogP contribution in [-0.4, -0.2) is 37.1 Å². The van der Waals surface area contributed by atoms with Gasteiger partial charge in [0, 0.05) is 19.1 Å². The van der Waals surface area contributed by atoms with Crippen LogP contribution in [0, 0.1) is 17.3 Å². The largest absolute Gasteiger partial charge is 0.316 e. The summed E-state index contributed by atoms with van der Waals surface area (Å²) >= 11 is 0. The zero-order valence-electron chi connectivity index (χ0n) is 15.0. The number of likely N-dealkylation sites (tertiary alicyclic amines) is 1. The first-order valence-electron chi connectivity index (χ1n) is 9.51. The van der Waals surface area contributed by atoms with E-state index in [1.54, 1.807) is 0 Å². The van der Waals surface area contributed by atoms with Crippen molar-refractivity contribution in [1.29, 1.82) is 0 Å². The van der Waals surface area contributed by atoms with Gasteiger partial charge >= 0.3 is 0 Å². The molecule has 0 aromatic heterocycles. The van der Waals surface area contributed by atoms with Crippen LogP contribution in [-0.2, 0) is 0 Å². The maximum Gasteiger partial charge on any atom is 0.0119 e. The van der Waals surface area contributed by atoms with Gasteiger partial charge in [0.2, 0.25) is 0 Å². The predicted molar refractivity (Wildman–Crippen MR) is 92.7 cm³/mol. The minimum absolute atomic E-state index is 0.555. The molecule has 2 heteroatoms. The molecule has 1 aliphatic carbocycles. The molecule has 1 saturated heterocycles. The highest BCUT2D eigenvalue weighted by molar-refractivity contribution is 4.93. The molecular weight excluding hydrogens is 256 g/mol. The summed E-state index contributed by atoms with van der Waals surface area (Å²) in [7, 11) is 0. The van der Waals surface area contributed by atoms with Gasteiger partial charge in [-0.3, -0.25) is 4.90 Å². The molecule has 124 valence electrons. The van der Waals surface area contributed by atoms with Crippen molar-refractivity contribution >= 4 is 0 Å². The summed E-state index contributed by atoms with van der Waals surface area (Å²) in [6, 6.07) is 0.840. The van der Waals surface area contributed by atoms with E-state index in [9.17, 15) is 0 Å². The van der Waals surface area contributed by atoms with Crippen LogP contribution in [0.15, 0.2) is 0 Å². The Hall–Kier alpha value is -0.0800. The first-order valence-corrected chi connectivity index (χ1v) is 9.51. The molecule has 1 heterocycles. The molecule has 1 aliphatic heterocycles. The lowest BCUT2D eigenvalue weighted by molar-refractivity contribution is 0.0696. The Labute approximate surface area is 133 Å². The molecule has 1 N–H and O–H groups in total. The lowest BCUT2D eigenvalue weighted by Gasteiger charge is -2.44. The zero-order chi connectivity index (χ0) is 15.3. The molecule has 2 rings (SSSR count). The van der Waals surface area contributed by atoms with E-state index in [1.807, 2.05) is 0 Å². The van der Waals surface area contributed by atoms with E-state index >= 15 is 0 Å². The van der Waals surface area contributed by atoms with Gasteiger partial charge < -0.3 is 5.32 Å². The van der Waals surface area contributed by atoms with Crippen molar-refractivity contribution < 1.29 is 0 Å². The van der Waals surface area contributed by atoms with E-state index in [0.29, 0.717) is 5.41 Å². The first kappa shape index (κ1) is 17.3. The van der Waals surface area contributed by atoms with Crippen molar-refractivity contribution in [3.63, 3.8) is 0 Å². The van der Waals surface area contributed by atoms with Gasteiger partial charge in [-0.25, -0.2) is 0 Å². The molecule has 2 fully saturated rings. The summed E-state index contributed by atoms with van der Waals surface area (Å²) in [5, 5.41) is 3.75. The van der Waals surface area contributed by atoms with Gasteiger partial charge in [-0.05, 0) is 62.4 Å². The monoisotopic (exact) mass is 294 g/mol. The molecule has 2 nitrogen and oxygen atoms in total. The molecule has 0 aromatic carbocycles. The average molecular weight is 295 g/mol. The Morgan fingerprint density at radius 1 is 1.19 bits per heavy atom. The van der Waals surface area contributed by atoms with Gasteiger partial charge in [0.15, 0.2) is 0 Å². The van der Waals surface area contributed by atoms with Crippen LogP contribution in [0.4, 0.5) is 0 Å². The first-order chi connectivity index (χ1) is 10.1. The third-order valence-electron chi connectivity index (χ3n) is 5.98. The molecule has 1 saturated carbocycles. The molecule has 1 atom stereocenters. The third kappa shape index (κ3) is 4.69. The van der Waals surface area contributed by atoms with Gasteiger partial charge in [0.25, 0.3) is 0 Å². The van der Waals surface area contributed by atoms with Gasteiger partial charge in [0.05, 0.1) is 0 Å². The second kappa shape index (κ2) is 7.97. The normalized spacial score (nSPS) is 34.7. The van der Waals surface area contributed by atoms with Crippen molar-refractivity contribution in [3.8, 4) is 0 Å². The minimum atomic E-state index is 0.555. The number of nitrogens with zero attached hydrogens (tertiary/aromatic N) is 1. The maximum absolute atomic E-state index is 3.75. The van der Waals surface area contributed by atoms with E-state index in [2.05, 4.69) is 37.9 Å². The summed E-state index contributed by atoms with van der Waals surface area (Å²) < 4.78 is 0. The maximum atomic E-state index is 3.75. The van der Waals surface area contributed by atoms with Crippen LogP contribution in [0.5, 0.6) is 0 Å². The fourth-order valence-corrected chi connectivity index (χ4v) is 4.53. The molecule has 2 aliphatic rings. The lowest BCUT2D eigenvalue weighted by Crippen LogP contribution is -2.48. The van der Waals surface area contributed by atoms with Gasteiger partial charge in [-0.15, -0.1) is 0 Å². The van der Waals surface area contributed by atoms with E-state index in [-0.39, 0.29) is 0 Å². The average Bonchev–Trinajstić information content (AvgIpc) is 2.91. The van der Waals surface area contributed by atoms with Gasteiger partial charge in [0.1, 0.15) is 0 Å². The van der Waals surface area contributed by atoms with E-state index < -0.39 is 0 Å². The van der Waals surface area contributed by atoms with E-state index in [1.165, 1.54) is 71.1 Å². The SMILES string of the molecule is CCCNCC1(CN2CCCC2C(C)C)CCC(C)CC1. The Morgan fingerprint density at radius 2 is 1.90 bits per heavy atom. The summed E-state index contributed by atoms with van der Waals surface area (Å²) in [6.45, 7) is 14.7. The van der Waals surface area contributed by atoms with Crippen LogP contribution in [0.1, 0.15) is 72.6 Å². The highest BCUT2D eigenvalue weighted by atomic mass is 15.2. The molecular formula is C19H38N2. The number of hydrogen-bond acceptors (Lipinski definition) is 2. The second-order valence-corrected chi connectivity index (χ2v) is 8.28. The highest BCUT2D eigenvalue weighted by Gasteiger charge is 2.38. The van der Waals surface area contributed by atoms with Crippen LogP contribution >= 0.6 is 0 Å². The van der Waals surface area contributed by atoms with Crippen LogP contribution < -0.4 is 5.32 Å². The quantitative estimate of drug-likeness (QED) is 0.704. The van der Waals surface area contributed by atoms with Crippen LogP contribution in [0.2, 0.25) is 0 Å². The number of hydrogen-bond donors (Lipinski definition) is 1. The molecule has 0 aromatic rings. The van der Waals surface area contributed by atoms with Crippen molar-refractivity contribution in [2.75, 3.05) is 26.2 Å². The molecule has 21 heavy (non-hydrogen) atoms. The van der Waals surface area contributed by atoms with Crippen LogP contribution in [0.3, 0.4) is 0 Å². The number of nitrogens with one attached hydrogen (secondary N) is 1. The van der Waals surface area contributed by atoms with Gasteiger partial charge in [-0.1, -0.05) is 40.5 Å². The van der Waals surface area contributed by atoms with Crippen LogP contribution in [0.25, 0.3) is 0 Å². The molecule has 1 unspecified atom stereocenters. The van der Waals surface area contributed by atoms with Gasteiger partial charge in [-0.2, -0.15) is 0 Å². The van der Waals surface area contributed by atoms with Crippen molar-refractivity contribution in [2.45, 2.75) is 78.7 Å². The summed E-state index contributed by atoms with van der Waals surface area (Å²) in [4.78, 5) is 2.84. The fraction of sp³-hybridized carbons (Fsp3) is 1.00. The predicted octanol–water partition coefficient (Wildman–Crippen LogP) is 4.30. The minimum Gasteiger partial charge on any atom is -0.316 e. The Balaban J connectivity index is 1.98. The van der Waals surface area contributed by atoms with Crippen molar-refractivity contribution in [1.82, 2.24) is 10.2 Å². The van der Waals surface area contributed by atoms with E-state index in [0.717, 1.165) is 17.9 Å². The third-order valence-corrected chi connectivity index (χ3v) is 5.98. The molecule has 0 radical (unpaired) electrons. The topological polar surface area (TPSA) is 15.3 Å².